The Morgan fingerprint density at radius 1 is 1.13 bits per heavy atom. The molecule has 1 saturated heterocycles. The highest BCUT2D eigenvalue weighted by Crippen LogP contribution is 2.48. The van der Waals surface area contributed by atoms with Gasteiger partial charge in [-0.3, -0.25) is 19.8 Å². The summed E-state index contributed by atoms with van der Waals surface area (Å²) in [5.41, 5.74) is 2.17. The molecule has 31 heavy (non-hydrogen) atoms. The number of nitrogens with zero attached hydrogens (tertiary/aromatic N) is 3. The number of carbonyl (C=O) groups is 1. The van der Waals surface area contributed by atoms with Crippen molar-refractivity contribution in [1.82, 2.24) is 4.90 Å². The van der Waals surface area contributed by atoms with E-state index in [2.05, 4.69) is 4.90 Å². The van der Waals surface area contributed by atoms with Crippen LogP contribution in [0.15, 0.2) is 42.5 Å². The molecule has 0 bridgehead atoms. The Kier molecular flexibility index (Phi) is 5.33. The first kappa shape index (κ1) is 21.4. The molecule has 0 saturated carbocycles. The van der Waals surface area contributed by atoms with Crippen LogP contribution in [0.5, 0.6) is 0 Å². The van der Waals surface area contributed by atoms with Crippen molar-refractivity contribution in [3.8, 4) is 0 Å². The van der Waals surface area contributed by atoms with Crippen LogP contribution in [0.1, 0.15) is 44.7 Å². The smallest absolute Gasteiger partial charge is 0.269 e. The Morgan fingerprint density at radius 2 is 1.77 bits per heavy atom. The highest BCUT2D eigenvalue weighted by atomic mass is 19.1. The summed E-state index contributed by atoms with van der Waals surface area (Å²) in [7, 11) is 0. The number of hydrogen-bond donors (Lipinski definition) is 0. The standard InChI is InChI=1S/C24H28FN3O3/c1-23(2,3)22(29)27-16-24(20-14-18(25)6-9-21(20)27)10-12-26(13-11-24)15-17-4-7-19(8-5-17)28(30)31/h4-9,14H,10-13,15-16H2,1-3H3. The normalized spacial score (nSPS) is 18.3. The van der Waals surface area contributed by atoms with Crippen molar-refractivity contribution in [3.05, 3.63) is 69.5 Å². The van der Waals surface area contributed by atoms with Crippen LogP contribution in [-0.2, 0) is 16.8 Å². The SMILES string of the molecule is CC(C)(C)C(=O)N1CC2(CCN(Cc3ccc([N+](=O)[O-])cc3)CC2)c2cc(F)ccc21. The molecule has 0 N–H and O–H groups in total. The molecule has 0 radical (unpaired) electrons. The topological polar surface area (TPSA) is 66.7 Å². The number of halogens is 1. The lowest BCUT2D eigenvalue weighted by molar-refractivity contribution is -0.384. The van der Waals surface area contributed by atoms with Crippen LogP contribution in [0.4, 0.5) is 15.8 Å². The molecule has 2 aliphatic heterocycles. The molecular weight excluding hydrogens is 397 g/mol. The number of rotatable bonds is 3. The molecule has 0 aromatic heterocycles. The molecule has 2 aromatic carbocycles. The largest absolute Gasteiger partial charge is 0.311 e. The van der Waals surface area contributed by atoms with Gasteiger partial charge in [0.05, 0.1) is 4.92 Å². The minimum absolute atomic E-state index is 0.0607. The first-order valence-corrected chi connectivity index (χ1v) is 10.7. The number of carbonyl (C=O) groups excluding carboxylic acids is 1. The van der Waals surface area contributed by atoms with Gasteiger partial charge in [-0.05, 0) is 55.3 Å². The molecule has 4 rings (SSSR count). The van der Waals surface area contributed by atoms with E-state index >= 15 is 0 Å². The van der Waals surface area contributed by atoms with E-state index in [1.807, 2.05) is 25.7 Å². The van der Waals surface area contributed by atoms with Gasteiger partial charge in [0, 0.05) is 41.7 Å². The van der Waals surface area contributed by atoms with E-state index in [0.29, 0.717) is 13.1 Å². The minimum Gasteiger partial charge on any atom is -0.311 e. The predicted molar refractivity (Wildman–Crippen MR) is 117 cm³/mol. The molecule has 1 fully saturated rings. The van der Waals surface area contributed by atoms with Crippen molar-refractivity contribution in [1.29, 1.82) is 0 Å². The van der Waals surface area contributed by atoms with Gasteiger partial charge in [0.15, 0.2) is 0 Å². The monoisotopic (exact) mass is 425 g/mol. The third-order valence-corrected chi connectivity index (χ3v) is 6.53. The highest BCUT2D eigenvalue weighted by molar-refractivity contribution is 5.99. The quantitative estimate of drug-likeness (QED) is 0.530. The number of likely N-dealkylation sites (tertiary alicyclic amines) is 1. The number of amides is 1. The maximum absolute atomic E-state index is 14.2. The lowest BCUT2D eigenvalue weighted by atomic mass is 9.74. The van der Waals surface area contributed by atoms with Crippen molar-refractivity contribution in [2.45, 2.75) is 45.6 Å². The first-order chi connectivity index (χ1) is 14.6. The fourth-order valence-electron chi connectivity index (χ4n) is 4.78. The third kappa shape index (κ3) is 4.06. The van der Waals surface area contributed by atoms with Gasteiger partial charge in [0.2, 0.25) is 5.91 Å². The lowest BCUT2D eigenvalue weighted by Gasteiger charge is -2.40. The van der Waals surface area contributed by atoms with Crippen molar-refractivity contribution in [2.24, 2.45) is 5.41 Å². The van der Waals surface area contributed by atoms with Gasteiger partial charge in [-0.1, -0.05) is 32.9 Å². The van der Waals surface area contributed by atoms with Gasteiger partial charge in [0.25, 0.3) is 5.69 Å². The van der Waals surface area contributed by atoms with E-state index in [-0.39, 0.29) is 22.8 Å². The second-order valence-corrected chi connectivity index (χ2v) is 9.78. The fraction of sp³-hybridized carbons (Fsp3) is 0.458. The Hall–Kier alpha value is -2.80. The average Bonchev–Trinajstić information content (AvgIpc) is 3.02. The van der Waals surface area contributed by atoms with Crippen molar-refractivity contribution in [3.63, 3.8) is 0 Å². The summed E-state index contributed by atoms with van der Waals surface area (Å²) in [6, 6.07) is 11.5. The second kappa shape index (κ2) is 7.71. The number of fused-ring (bicyclic) bond motifs is 2. The second-order valence-electron chi connectivity index (χ2n) is 9.78. The Balaban J connectivity index is 1.51. The molecule has 1 spiro atoms. The number of benzene rings is 2. The zero-order chi connectivity index (χ0) is 22.4. The van der Waals surface area contributed by atoms with Crippen LogP contribution >= 0.6 is 0 Å². The Morgan fingerprint density at radius 3 is 2.35 bits per heavy atom. The first-order valence-electron chi connectivity index (χ1n) is 10.7. The van der Waals surface area contributed by atoms with Crippen LogP contribution in [0.25, 0.3) is 0 Å². The van der Waals surface area contributed by atoms with E-state index in [4.69, 9.17) is 0 Å². The summed E-state index contributed by atoms with van der Waals surface area (Å²) in [4.78, 5) is 27.7. The molecule has 0 unspecified atom stereocenters. The van der Waals surface area contributed by atoms with Crippen molar-refractivity contribution in [2.75, 3.05) is 24.5 Å². The van der Waals surface area contributed by atoms with Gasteiger partial charge in [-0.25, -0.2) is 4.39 Å². The van der Waals surface area contributed by atoms with E-state index in [0.717, 1.165) is 42.7 Å². The average molecular weight is 426 g/mol. The van der Waals surface area contributed by atoms with Crippen molar-refractivity contribution < 1.29 is 14.1 Å². The number of non-ortho nitro benzene ring substituents is 1. The van der Waals surface area contributed by atoms with Crippen LogP contribution < -0.4 is 4.90 Å². The van der Waals surface area contributed by atoms with Crippen LogP contribution in [0.3, 0.4) is 0 Å². The van der Waals surface area contributed by atoms with E-state index in [9.17, 15) is 19.3 Å². The van der Waals surface area contributed by atoms with E-state index in [1.165, 1.54) is 18.2 Å². The third-order valence-electron chi connectivity index (χ3n) is 6.53. The van der Waals surface area contributed by atoms with E-state index < -0.39 is 10.3 Å². The van der Waals surface area contributed by atoms with Crippen LogP contribution in [0, 0.1) is 21.3 Å². The van der Waals surface area contributed by atoms with Gasteiger partial charge >= 0.3 is 0 Å². The molecule has 2 heterocycles. The number of piperidine rings is 1. The molecule has 6 nitrogen and oxygen atoms in total. The highest BCUT2D eigenvalue weighted by Gasteiger charge is 2.47. The summed E-state index contributed by atoms with van der Waals surface area (Å²) in [6.45, 7) is 8.69. The summed E-state index contributed by atoms with van der Waals surface area (Å²) in [5, 5.41) is 10.8. The summed E-state index contributed by atoms with van der Waals surface area (Å²) in [6.07, 6.45) is 1.68. The van der Waals surface area contributed by atoms with E-state index in [1.54, 1.807) is 24.3 Å². The predicted octanol–water partition coefficient (Wildman–Crippen LogP) is 4.66. The number of nitro groups is 1. The van der Waals surface area contributed by atoms with Gasteiger partial charge in [-0.2, -0.15) is 0 Å². The fourth-order valence-corrected chi connectivity index (χ4v) is 4.78. The Labute approximate surface area is 181 Å². The minimum atomic E-state index is -0.506. The van der Waals surface area contributed by atoms with Gasteiger partial charge < -0.3 is 4.90 Å². The molecular formula is C24H28FN3O3. The summed E-state index contributed by atoms with van der Waals surface area (Å²) < 4.78 is 14.2. The molecule has 2 aliphatic rings. The lowest BCUT2D eigenvalue weighted by Crippen LogP contribution is -2.47. The van der Waals surface area contributed by atoms with Gasteiger partial charge in [0.1, 0.15) is 5.82 Å². The number of hydrogen-bond acceptors (Lipinski definition) is 4. The summed E-state index contributed by atoms with van der Waals surface area (Å²) in [5.74, 6) is -0.206. The van der Waals surface area contributed by atoms with Gasteiger partial charge in [-0.15, -0.1) is 0 Å². The maximum Gasteiger partial charge on any atom is 0.269 e. The zero-order valence-corrected chi connectivity index (χ0v) is 18.2. The molecule has 1 amide bonds. The molecule has 164 valence electrons. The van der Waals surface area contributed by atoms with Crippen LogP contribution in [0.2, 0.25) is 0 Å². The van der Waals surface area contributed by atoms with Crippen LogP contribution in [-0.4, -0.2) is 35.4 Å². The number of anilines is 1. The van der Waals surface area contributed by atoms with Crippen molar-refractivity contribution >= 4 is 17.3 Å². The maximum atomic E-state index is 14.2. The zero-order valence-electron chi connectivity index (χ0n) is 18.2. The summed E-state index contributed by atoms with van der Waals surface area (Å²) >= 11 is 0. The Bertz CT molecular complexity index is 1010. The number of nitro benzene ring substituents is 1. The molecule has 0 aliphatic carbocycles. The molecule has 7 heteroatoms. The molecule has 0 atom stereocenters. The molecule has 2 aromatic rings.